The number of rotatable bonds is 5. The average Bonchev–Trinajstić information content (AvgIpc) is 2.81. The number of hydrogen-bond donors (Lipinski definition) is 1. The van der Waals surface area contributed by atoms with Crippen LogP contribution in [-0.2, 0) is 0 Å². The zero-order valence-corrected chi connectivity index (χ0v) is 12.3. The highest BCUT2D eigenvalue weighted by Crippen LogP contribution is 2.39. The molecule has 2 saturated carbocycles. The summed E-state index contributed by atoms with van der Waals surface area (Å²) in [7, 11) is 2.26. The van der Waals surface area contributed by atoms with E-state index in [2.05, 4.69) is 18.9 Å². The fraction of sp³-hybridized carbons (Fsp3) is 1.00. The van der Waals surface area contributed by atoms with Crippen molar-refractivity contribution in [2.24, 2.45) is 17.3 Å². The molecule has 0 radical (unpaired) electrons. The summed E-state index contributed by atoms with van der Waals surface area (Å²) in [5.41, 5.74) is 0.199. The second-order valence-electron chi connectivity index (χ2n) is 7.21. The summed E-state index contributed by atoms with van der Waals surface area (Å²) in [5, 5.41) is 9.84. The fourth-order valence-corrected chi connectivity index (χ4v) is 4.38. The molecule has 2 rings (SSSR count). The third-order valence-corrected chi connectivity index (χ3v) is 5.17. The highest BCUT2D eigenvalue weighted by atomic mass is 16.3. The predicted octanol–water partition coefficient (Wildman–Crippen LogP) is 3.30. The van der Waals surface area contributed by atoms with Gasteiger partial charge in [0.1, 0.15) is 0 Å². The Morgan fingerprint density at radius 3 is 2.50 bits per heavy atom. The zero-order valence-electron chi connectivity index (χ0n) is 12.3. The van der Waals surface area contributed by atoms with Crippen molar-refractivity contribution in [3.63, 3.8) is 0 Å². The number of aliphatic hydroxyl groups excluding tert-OH is 1. The number of aliphatic hydroxyl groups is 1. The molecule has 2 unspecified atom stereocenters. The third kappa shape index (κ3) is 3.71. The molecule has 2 nitrogen and oxygen atoms in total. The molecule has 2 fully saturated rings. The lowest BCUT2D eigenvalue weighted by atomic mass is 9.70. The van der Waals surface area contributed by atoms with Gasteiger partial charge in [-0.25, -0.2) is 0 Å². The van der Waals surface area contributed by atoms with Crippen LogP contribution in [0.4, 0.5) is 0 Å². The summed E-state index contributed by atoms with van der Waals surface area (Å²) in [4.78, 5) is 2.50. The summed E-state index contributed by atoms with van der Waals surface area (Å²) in [5.74, 6) is 1.72. The molecule has 0 bridgehead atoms. The van der Waals surface area contributed by atoms with E-state index in [-0.39, 0.29) is 5.41 Å². The maximum Gasteiger partial charge on any atom is 0.0499 e. The van der Waals surface area contributed by atoms with Crippen LogP contribution in [0.1, 0.15) is 58.3 Å². The Labute approximate surface area is 113 Å². The Balaban J connectivity index is 1.84. The van der Waals surface area contributed by atoms with Crippen LogP contribution in [0.25, 0.3) is 0 Å². The van der Waals surface area contributed by atoms with Gasteiger partial charge in [-0.1, -0.05) is 32.6 Å². The summed E-state index contributed by atoms with van der Waals surface area (Å²) in [6.45, 7) is 5.08. The lowest BCUT2D eigenvalue weighted by molar-refractivity contribution is 0.0275. The van der Waals surface area contributed by atoms with Crippen LogP contribution in [0.3, 0.4) is 0 Å². The van der Waals surface area contributed by atoms with E-state index in [0.29, 0.717) is 6.61 Å². The monoisotopic (exact) mass is 253 g/mol. The van der Waals surface area contributed by atoms with Crippen molar-refractivity contribution in [3.05, 3.63) is 0 Å². The summed E-state index contributed by atoms with van der Waals surface area (Å²) in [6, 6.07) is 0. The van der Waals surface area contributed by atoms with Crippen LogP contribution in [0.15, 0.2) is 0 Å². The van der Waals surface area contributed by atoms with Crippen LogP contribution in [0.2, 0.25) is 0 Å². The van der Waals surface area contributed by atoms with Gasteiger partial charge in [0.05, 0.1) is 0 Å². The standard InChI is InChI=1S/C16H31NO/c1-14-6-5-9-16(10-14,13-18)12-17(2)11-15-7-3-4-8-15/h14-15,18H,3-13H2,1-2H3. The minimum Gasteiger partial charge on any atom is -0.396 e. The van der Waals surface area contributed by atoms with E-state index in [0.717, 1.165) is 18.4 Å². The molecule has 0 aromatic heterocycles. The molecule has 2 atom stereocenters. The number of nitrogens with zero attached hydrogens (tertiary/aromatic N) is 1. The highest BCUT2D eigenvalue weighted by molar-refractivity contribution is 4.87. The van der Waals surface area contributed by atoms with Gasteiger partial charge in [0, 0.05) is 25.1 Å². The second-order valence-corrected chi connectivity index (χ2v) is 7.21. The molecule has 2 aliphatic rings. The van der Waals surface area contributed by atoms with Gasteiger partial charge < -0.3 is 10.0 Å². The molecule has 2 aliphatic carbocycles. The molecule has 2 heteroatoms. The first kappa shape index (κ1) is 14.3. The van der Waals surface area contributed by atoms with Gasteiger partial charge in [-0.3, -0.25) is 0 Å². The third-order valence-electron chi connectivity index (χ3n) is 5.17. The fourth-order valence-electron chi connectivity index (χ4n) is 4.38. The van der Waals surface area contributed by atoms with Crippen LogP contribution in [0.5, 0.6) is 0 Å². The Morgan fingerprint density at radius 2 is 1.89 bits per heavy atom. The van der Waals surface area contributed by atoms with E-state index in [1.807, 2.05) is 0 Å². The Morgan fingerprint density at radius 1 is 1.17 bits per heavy atom. The van der Waals surface area contributed by atoms with Crippen LogP contribution in [0, 0.1) is 17.3 Å². The maximum absolute atomic E-state index is 9.84. The van der Waals surface area contributed by atoms with Gasteiger partial charge in [-0.15, -0.1) is 0 Å². The van der Waals surface area contributed by atoms with Crippen LogP contribution in [-0.4, -0.2) is 36.8 Å². The van der Waals surface area contributed by atoms with Crippen LogP contribution < -0.4 is 0 Å². The van der Waals surface area contributed by atoms with Crippen molar-refractivity contribution in [1.29, 1.82) is 0 Å². The van der Waals surface area contributed by atoms with Crippen molar-refractivity contribution in [3.8, 4) is 0 Å². The first-order valence-electron chi connectivity index (χ1n) is 7.93. The first-order valence-corrected chi connectivity index (χ1v) is 7.93. The SMILES string of the molecule is CC1CCCC(CO)(CN(C)CC2CCCC2)C1. The molecule has 0 aliphatic heterocycles. The first-order chi connectivity index (χ1) is 8.63. The molecule has 0 amide bonds. The van der Waals surface area contributed by atoms with Crippen LogP contribution >= 0.6 is 0 Å². The van der Waals surface area contributed by atoms with E-state index in [1.54, 1.807) is 0 Å². The quantitative estimate of drug-likeness (QED) is 0.812. The van der Waals surface area contributed by atoms with Gasteiger partial charge in [-0.05, 0) is 44.6 Å². The molecule has 0 saturated heterocycles. The molecular formula is C16H31NO. The zero-order chi connectivity index (χ0) is 13.0. The van der Waals surface area contributed by atoms with Crippen molar-refractivity contribution >= 4 is 0 Å². The molecule has 0 aromatic rings. The summed E-state index contributed by atoms with van der Waals surface area (Å²) < 4.78 is 0. The largest absolute Gasteiger partial charge is 0.396 e. The van der Waals surface area contributed by atoms with Gasteiger partial charge in [0.2, 0.25) is 0 Å². The highest BCUT2D eigenvalue weighted by Gasteiger charge is 2.35. The van der Waals surface area contributed by atoms with Crippen molar-refractivity contribution < 1.29 is 5.11 Å². The van der Waals surface area contributed by atoms with E-state index in [1.165, 1.54) is 57.9 Å². The van der Waals surface area contributed by atoms with Gasteiger partial charge in [-0.2, -0.15) is 0 Å². The van der Waals surface area contributed by atoms with E-state index >= 15 is 0 Å². The molecule has 0 heterocycles. The van der Waals surface area contributed by atoms with E-state index < -0.39 is 0 Å². The Bertz CT molecular complexity index is 249. The van der Waals surface area contributed by atoms with E-state index in [4.69, 9.17) is 0 Å². The normalized spacial score (nSPS) is 34.3. The summed E-state index contributed by atoms with van der Waals surface area (Å²) in [6.07, 6.45) is 10.8. The predicted molar refractivity (Wildman–Crippen MR) is 76.6 cm³/mol. The van der Waals surface area contributed by atoms with E-state index in [9.17, 15) is 5.11 Å². The van der Waals surface area contributed by atoms with Gasteiger partial charge in [0.15, 0.2) is 0 Å². The van der Waals surface area contributed by atoms with Gasteiger partial charge >= 0.3 is 0 Å². The molecule has 106 valence electrons. The summed E-state index contributed by atoms with van der Waals surface area (Å²) >= 11 is 0. The minimum atomic E-state index is 0.199. The minimum absolute atomic E-state index is 0.199. The Hall–Kier alpha value is -0.0800. The average molecular weight is 253 g/mol. The molecule has 1 N–H and O–H groups in total. The topological polar surface area (TPSA) is 23.5 Å². The molecule has 0 spiro atoms. The van der Waals surface area contributed by atoms with Crippen molar-refractivity contribution in [1.82, 2.24) is 4.90 Å². The molecule has 0 aromatic carbocycles. The smallest absolute Gasteiger partial charge is 0.0499 e. The molecule has 18 heavy (non-hydrogen) atoms. The van der Waals surface area contributed by atoms with Crippen molar-refractivity contribution in [2.45, 2.75) is 58.3 Å². The second kappa shape index (κ2) is 6.38. The maximum atomic E-state index is 9.84. The lowest BCUT2D eigenvalue weighted by Crippen LogP contribution is -2.42. The molecular weight excluding hydrogens is 222 g/mol. The lowest BCUT2D eigenvalue weighted by Gasteiger charge is -2.41. The van der Waals surface area contributed by atoms with Crippen molar-refractivity contribution in [2.75, 3.05) is 26.7 Å². The van der Waals surface area contributed by atoms with Gasteiger partial charge in [0.25, 0.3) is 0 Å². The number of hydrogen-bond acceptors (Lipinski definition) is 2. The Kier molecular flexibility index (Phi) is 5.08.